The zero-order valence-corrected chi connectivity index (χ0v) is 11.9. The first-order chi connectivity index (χ1) is 9.33. The highest BCUT2D eigenvalue weighted by atomic mass is 32.2. The van der Waals surface area contributed by atoms with Crippen molar-refractivity contribution >= 4 is 21.4 Å². The molecule has 8 heteroatoms. The number of rotatable bonds is 4. The Morgan fingerprint density at radius 2 is 2.15 bits per heavy atom. The van der Waals surface area contributed by atoms with Crippen LogP contribution in [0.4, 0.5) is 15.8 Å². The number of halogens is 1. The van der Waals surface area contributed by atoms with Crippen molar-refractivity contribution in [3.05, 3.63) is 35.9 Å². The summed E-state index contributed by atoms with van der Waals surface area (Å²) >= 11 is 0. The molecule has 0 spiro atoms. The van der Waals surface area contributed by atoms with E-state index in [1.165, 1.54) is 16.9 Å². The summed E-state index contributed by atoms with van der Waals surface area (Å²) < 4.78 is 41.9. The fraction of sp³-hybridized carbons (Fsp3) is 0.250. The molecule has 0 unspecified atom stereocenters. The van der Waals surface area contributed by atoms with E-state index >= 15 is 0 Å². The second-order valence-corrected chi connectivity index (χ2v) is 5.96. The predicted octanol–water partition coefficient (Wildman–Crippen LogP) is 1.50. The molecule has 1 aromatic heterocycles. The summed E-state index contributed by atoms with van der Waals surface area (Å²) in [6, 6.07) is 3.44. The first-order valence-corrected chi connectivity index (χ1v) is 7.42. The Morgan fingerprint density at radius 1 is 1.45 bits per heavy atom. The molecule has 0 aliphatic rings. The van der Waals surface area contributed by atoms with E-state index in [0.29, 0.717) is 17.8 Å². The third-order valence-corrected chi connectivity index (χ3v) is 4.13. The van der Waals surface area contributed by atoms with Gasteiger partial charge in [-0.05, 0) is 24.6 Å². The monoisotopic (exact) mass is 298 g/mol. The molecule has 20 heavy (non-hydrogen) atoms. The lowest BCUT2D eigenvalue weighted by atomic mass is 10.3. The number of nitrogens with one attached hydrogen (secondary N) is 1. The molecule has 2 aromatic rings. The van der Waals surface area contributed by atoms with E-state index in [0.717, 1.165) is 12.1 Å². The molecule has 0 bridgehead atoms. The normalized spacial score (nSPS) is 11.6. The van der Waals surface area contributed by atoms with Gasteiger partial charge < -0.3 is 5.73 Å². The second kappa shape index (κ2) is 5.12. The Morgan fingerprint density at radius 3 is 2.75 bits per heavy atom. The van der Waals surface area contributed by atoms with Crippen molar-refractivity contribution in [2.45, 2.75) is 18.2 Å². The number of nitrogens with zero attached hydrogens (tertiary/aromatic N) is 2. The summed E-state index contributed by atoms with van der Waals surface area (Å²) in [5, 5.41) is 4.12. The van der Waals surface area contributed by atoms with Crippen molar-refractivity contribution in [1.29, 1.82) is 0 Å². The Hall–Kier alpha value is -2.09. The minimum Gasteiger partial charge on any atom is -0.399 e. The number of nitrogens with two attached hydrogens (primary N) is 1. The van der Waals surface area contributed by atoms with Gasteiger partial charge in [0.1, 0.15) is 10.7 Å². The minimum atomic E-state index is -4.01. The number of benzene rings is 1. The maximum atomic E-state index is 13.7. The zero-order valence-electron chi connectivity index (χ0n) is 11.1. The Bertz CT molecular complexity index is 740. The third kappa shape index (κ3) is 2.74. The summed E-state index contributed by atoms with van der Waals surface area (Å²) in [7, 11) is -2.33. The van der Waals surface area contributed by atoms with Crippen LogP contribution in [0.5, 0.6) is 0 Å². The lowest BCUT2D eigenvalue weighted by Gasteiger charge is -2.08. The molecule has 0 saturated carbocycles. The highest BCUT2D eigenvalue weighted by Crippen LogP contribution is 2.22. The number of hydrogen-bond donors (Lipinski definition) is 2. The van der Waals surface area contributed by atoms with E-state index < -0.39 is 20.7 Å². The van der Waals surface area contributed by atoms with Gasteiger partial charge in [-0.3, -0.25) is 9.40 Å². The first kappa shape index (κ1) is 14.3. The average Bonchev–Trinajstić information content (AvgIpc) is 2.67. The maximum Gasteiger partial charge on any atom is 0.264 e. The summed E-state index contributed by atoms with van der Waals surface area (Å²) in [6.07, 6.45) is 2.09. The van der Waals surface area contributed by atoms with Crippen LogP contribution in [-0.2, 0) is 23.5 Å². The smallest absolute Gasteiger partial charge is 0.264 e. The van der Waals surface area contributed by atoms with Crippen LogP contribution in [0.25, 0.3) is 0 Å². The predicted molar refractivity (Wildman–Crippen MR) is 74.2 cm³/mol. The van der Waals surface area contributed by atoms with E-state index in [2.05, 4.69) is 9.82 Å². The van der Waals surface area contributed by atoms with E-state index in [1.807, 2.05) is 6.92 Å². The second-order valence-electron chi connectivity index (χ2n) is 4.31. The van der Waals surface area contributed by atoms with E-state index in [-0.39, 0.29) is 5.69 Å². The third-order valence-electron chi connectivity index (χ3n) is 2.73. The largest absolute Gasteiger partial charge is 0.399 e. The lowest BCUT2D eigenvalue weighted by Crippen LogP contribution is -2.15. The molecule has 0 saturated heterocycles. The van der Waals surface area contributed by atoms with Gasteiger partial charge in [0.25, 0.3) is 10.0 Å². The van der Waals surface area contributed by atoms with Gasteiger partial charge in [-0.2, -0.15) is 5.10 Å². The first-order valence-electron chi connectivity index (χ1n) is 5.94. The van der Waals surface area contributed by atoms with Crippen LogP contribution < -0.4 is 10.5 Å². The van der Waals surface area contributed by atoms with E-state index in [9.17, 15) is 12.8 Å². The molecule has 0 fully saturated rings. The summed E-state index contributed by atoms with van der Waals surface area (Å²) in [6.45, 7) is 1.85. The van der Waals surface area contributed by atoms with Crippen LogP contribution in [0.2, 0.25) is 0 Å². The summed E-state index contributed by atoms with van der Waals surface area (Å²) in [5.41, 5.74) is 6.50. The highest BCUT2D eigenvalue weighted by molar-refractivity contribution is 7.92. The van der Waals surface area contributed by atoms with Crippen molar-refractivity contribution in [2.24, 2.45) is 7.05 Å². The van der Waals surface area contributed by atoms with Gasteiger partial charge in [0.15, 0.2) is 0 Å². The maximum absolute atomic E-state index is 13.7. The quantitative estimate of drug-likeness (QED) is 0.837. The molecule has 0 atom stereocenters. The number of aryl methyl sites for hydroxylation is 2. The number of nitrogen functional groups attached to an aromatic ring is 1. The van der Waals surface area contributed by atoms with Gasteiger partial charge in [0.2, 0.25) is 0 Å². The van der Waals surface area contributed by atoms with Gasteiger partial charge in [0, 0.05) is 18.9 Å². The average molecular weight is 298 g/mol. The molecule has 1 aromatic carbocycles. The molecule has 0 radical (unpaired) electrons. The fourth-order valence-corrected chi connectivity index (χ4v) is 2.95. The summed E-state index contributed by atoms with van der Waals surface area (Å²) in [5.74, 6) is -0.889. The number of hydrogen-bond acceptors (Lipinski definition) is 4. The SMILES string of the molecule is CCc1nn(C)cc1NS(=O)(=O)c1ccc(N)cc1F. The number of sulfonamides is 1. The molecule has 3 N–H and O–H groups in total. The number of anilines is 2. The molecular weight excluding hydrogens is 283 g/mol. The van der Waals surface area contributed by atoms with Gasteiger partial charge >= 0.3 is 0 Å². The minimum absolute atomic E-state index is 0.164. The van der Waals surface area contributed by atoms with Gasteiger partial charge in [-0.15, -0.1) is 0 Å². The van der Waals surface area contributed by atoms with Crippen molar-refractivity contribution in [3.8, 4) is 0 Å². The molecule has 6 nitrogen and oxygen atoms in total. The van der Waals surface area contributed by atoms with Crippen LogP contribution in [0.15, 0.2) is 29.3 Å². The van der Waals surface area contributed by atoms with Crippen LogP contribution in [0.1, 0.15) is 12.6 Å². The molecule has 2 rings (SSSR count). The molecular formula is C12H15FN4O2S. The number of aromatic nitrogens is 2. The van der Waals surface area contributed by atoms with Crippen LogP contribution >= 0.6 is 0 Å². The van der Waals surface area contributed by atoms with Crippen molar-refractivity contribution in [3.63, 3.8) is 0 Å². The van der Waals surface area contributed by atoms with Crippen LogP contribution in [0, 0.1) is 5.82 Å². The van der Waals surface area contributed by atoms with Gasteiger partial charge in [-0.25, -0.2) is 12.8 Å². The Kier molecular flexibility index (Phi) is 3.67. The zero-order chi connectivity index (χ0) is 14.9. The molecule has 1 heterocycles. The topological polar surface area (TPSA) is 90.0 Å². The standard InChI is InChI=1S/C12H15FN4O2S/c1-3-10-11(7-17(2)15-10)16-20(18,19)12-5-4-8(14)6-9(12)13/h4-7,16H,3,14H2,1-2H3. The Labute approximate surface area is 116 Å². The highest BCUT2D eigenvalue weighted by Gasteiger charge is 2.21. The van der Waals surface area contributed by atoms with Crippen molar-refractivity contribution < 1.29 is 12.8 Å². The summed E-state index contributed by atoms with van der Waals surface area (Å²) in [4.78, 5) is -0.447. The van der Waals surface area contributed by atoms with Crippen molar-refractivity contribution in [1.82, 2.24) is 9.78 Å². The molecule has 0 amide bonds. The van der Waals surface area contributed by atoms with Gasteiger partial charge in [0.05, 0.1) is 11.4 Å². The molecule has 108 valence electrons. The van der Waals surface area contributed by atoms with E-state index in [1.54, 1.807) is 7.05 Å². The molecule has 0 aliphatic heterocycles. The van der Waals surface area contributed by atoms with Crippen LogP contribution in [0.3, 0.4) is 0 Å². The lowest BCUT2D eigenvalue weighted by molar-refractivity contribution is 0.571. The fourth-order valence-electron chi connectivity index (χ4n) is 1.82. The van der Waals surface area contributed by atoms with Gasteiger partial charge in [-0.1, -0.05) is 6.92 Å². The Balaban J connectivity index is 2.40. The van der Waals surface area contributed by atoms with E-state index in [4.69, 9.17) is 5.73 Å². The van der Waals surface area contributed by atoms with Crippen molar-refractivity contribution in [2.75, 3.05) is 10.5 Å². The van der Waals surface area contributed by atoms with Crippen LogP contribution in [-0.4, -0.2) is 18.2 Å². The molecule has 0 aliphatic carbocycles.